The van der Waals surface area contributed by atoms with Crippen LogP contribution in [-0.2, 0) is 6.18 Å². The Balaban J connectivity index is 2.22. The first-order valence-electron chi connectivity index (χ1n) is 5.77. The first kappa shape index (κ1) is 13.1. The summed E-state index contributed by atoms with van der Waals surface area (Å²) >= 11 is 0. The Hall–Kier alpha value is -1.36. The molecule has 0 aromatic heterocycles. The van der Waals surface area contributed by atoms with Gasteiger partial charge in [0.05, 0.1) is 5.56 Å². The van der Waals surface area contributed by atoms with Crippen molar-refractivity contribution >= 4 is 5.78 Å². The third-order valence-electron chi connectivity index (χ3n) is 3.33. The van der Waals surface area contributed by atoms with E-state index in [1.165, 1.54) is 0 Å². The van der Waals surface area contributed by atoms with Crippen LogP contribution in [0.5, 0.6) is 0 Å². The zero-order valence-electron chi connectivity index (χ0n) is 9.63. The van der Waals surface area contributed by atoms with Crippen LogP contribution in [0, 0.1) is 0 Å². The molecule has 1 aliphatic carbocycles. The van der Waals surface area contributed by atoms with E-state index in [0.29, 0.717) is 12.8 Å². The monoisotopic (exact) mass is 258 g/mol. The van der Waals surface area contributed by atoms with Crippen LogP contribution in [0.1, 0.15) is 41.6 Å². The van der Waals surface area contributed by atoms with Crippen molar-refractivity contribution in [2.75, 3.05) is 0 Å². The van der Waals surface area contributed by atoms with Crippen molar-refractivity contribution in [2.24, 2.45) is 0 Å². The molecule has 1 aliphatic rings. The lowest BCUT2D eigenvalue weighted by Gasteiger charge is -2.20. The standard InChI is InChI=1S/C13H13F3O2/c14-13(15,16)10-5-3-9(4-6-10)11(17)12(18)7-1-2-8-12/h3-6,18H,1-2,7-8H2. The highest BCUT2D eigenvalue weighted by molar-refractivity contribution is 6.02. The molecule has 1 aromatic carbocycles. The van der Waals surface area contributed by atoms with Gasteiger partial charge in [-0.2, -0.15) is 13.2 Å². The average molecular weight is 258 g/mol. The van der Waals surface area contributed by atoms with Gasteiger partial charge in [0.2, 0.25) is 0 Å². The van der Waals surface area contributed by atoms with Gasteiger partial charge in [0.1, 0.15) is 5.60 Å². The van der Waals surface area contributed by atoms with E-state index in [0.717, 1.165) is 37.1 Å². The Bertz CT molecular complexity index is 442. The topological polar surface area (TPSA) is 37.3 Å². The quantitative estimate of drug-likeness (QED) is 0.827. The molecule has 0 unspecified atom stereocenters. The molecule has 1 saturated carbocycles. The molecule has 1 N–H and O–H groups in total. The van der Waals surface area contributed by atoms with Crippen LogP contribution >= 0.6 is 0 Å². The Labute approximate surface area is 102 Å². The van der Waals surface area contributed by atoms with Crippen LogP contribution in [0.15, 0.2) is 24.3 Å². The summed E-state index contributed by atoms with van der Waals surface area (Å²) in [6.07, 6.45) is -2.11. The summed E-state index contributed by atoms with van der Waals surface area (Å²) < 4.78 is 37.1. The van der Waals surface area contributed by atoms with Gasteiger partial charge in [0, 0.05) is 5.56 Å². The summed E-state index contributed by atoms with van der Waals surface area (Å²) in [5.74, 6) is -0.478. The third-order valence-corrected chi connectivity index (χ3v) is 3.33. The lowest BCUT2D eigenvalue weighted by atomic mass is 9.91. The average Bonchev–Trinajstić information content (AvgIpc) is 2.75. The van der Waals surface area contributed by atoms with E-state index in [-0.39, 0.29) is 5.56 Å². The summed E-state index contributed by atoms with van der Waals surface area (Å²) in [5.41, 5.74) is -2.05. The Kier molecular flexibility index (Phi) is 3.19. The van der Waals surface area contributed by atoms with E-state index in [9.17, 15) is 23.1 Å². The number of carbonyl (C=O) groups excluding carboxylic acids is 1. The molecule has 0 heterocycles. The lowest BCUT2D eigenvalue weighted by Crippen LogP contribution is -2.35. The first-order chi connectivity index (χ1) is 8.33. The van der Waals surface area contributed by atoms with E-state index in [2.05, 4.69) is 0 Å². The molecule has 18 heavy (non-hydrogen) atoms. The van der Waals surface area contributed by atoms with Crippen molar-refractivity contribution in [1.82, 2.24) is 0 Å². The van der Waals surface area contributed by atoms with E-state index in [1.807, 2.05) is 0 Å². The van der Waals surface area contributed by atoms with Crippen LogP contribution in [0.4, 0.5) is 13.2 Å². The second-order valence-corrected chi connectivity index (χ2v) is 4.64. The fourth-order valence-electron chi connectivity index (χ4n) is 2.27. The van der Waals surface area contributed by atoms with Crippen molar-refractivity contribution in [2.45, 2.75) is 37.5 Å². The van der Waals surface area contributed by atoms with Crippen LogP contribution in [0.3, 0.4) is 0 Å². The highest BCUT2D eigenvalue weighted by atomic mass is 19.4. The molecule has 0 radical (unpaired) electrons. The van der Waals surface area contributed by atoms with Gasteiger partial charge in [0.25, 0.3) is 0 Å². The molecule has 5 heteroatoms. The third kappa shape index (κ3) is 2.41. The molecular formula is C13H13F3O2. The molecule has 2 nitrogen and oxygen atoms in total. The number of benzene rings is 1. The molecular weight excluding hydrogens is 245 g/mol. The molecule has 0 amide bonds. The van der Waals surface area contributed by atoms with Crippen LogP contribution in [0.25, 0.3) is 0 Å². The van der Waals surface area contributed by atoms with E-state index in [1.54, 1.807) is 0 Å². The summed E-state index contributed by atoms with van der Waals surface area (Å²) in [6, 6.07) is 3.99. The van der Waals surface area contributed by atoms with Crippen molar-refractivity contribution in [3.63, 3.8) is 0 Å². The van der Waals surface area contributed by atoms with E-state index >= 15 is 0 Å². The molecule has 0 spiro atoms. The Morgan fingerprint density at radius 3 is 2.06 bits per heavy atom. The summed E-state index contributed by atoms with van der Waals surface area (Å²) in [6.45, 7) is 0. The predicted molar refractivity (Wildman–Crippen MR) is 59.2 cm³/mol. The number of aliphatic hydroxyl groups is 1. The van der Waals surface area contributed by atoms with Gasteiger partial charge < -0.3 is 5.11 Å². The summed E-state index contributed by atoms with van der Waals surface area (Å²) in [5, 5.41) is 10.1. The van der Waals surface area contributed by atoms with Crippen molar-refractivity contribution < 1.29 is 23.1 Å². The minimum Gasteiger partial charge on any atom is -0.382 e. The number of hydrogen-bond donors (Lipinski definition) is 1. The molecule has 2 rings (SSSR count). The maximum absolute atomic E-state index is 12.4. The van der Waals surface area contributed by atoms with Crippen LogP contribution < -0.4 is 0 Å². The molecule has 0 bridgehead atoms. The largest absolute Gasteiger partial charge is 0.416 e. The van der Waals surface area contributed by atoms with Crippen molar-refractivity contribution in [1.29, 1.82) is 0 Å². The van der Waals surface area contributed by atoms with Gasteiger partial charge in [-0.3, -0.25) is 4.79 Å². The molecule has 1 aromatic rings. The fraction of sp³-hybridized carbons (Fsp3) is 0.462. The zero-order valence-corrected chi connectivity index (χ0v) is 9.63. The number of carbonyl (C=O) groups is 1. The van der Waals surface area contributed by atoms with Gasteiger partial charge in [-0.1, -0.05) is 12.1 Å². The van der Waals surface area contributed by atoms with Crippen LogP contribution in [0.2, 0.25) is 0 Å². The highest BCUT2D eigenvalue weighted by Crippen LogP contribution is 2.34. The number of hydrogen-bond acceptors (Lipinski definition) is 2. The molecule has 0 saturated heterocycles. The minimum absolute atomic E-state index is 0.132. The Morgan fingerprint density at radius 1 is 1.11 bits per heavy atom. The Morgan fingerprint density at radius 2 is 1.61 bits per heavy atom. The number of ketones is 1. The number of rotatable bonds is 2. The summed E-state index contributed by atoms with van der Waals surface area (Å²) in [7, 11) is 0. The van der Waals surface area contributed by atoms with Gasteiger partial charge >= 0.3 is 6.18 Å². The zero-order chi connectivity index (χ0) is 13.4. The predicted octanol–water partition coefficient (Wildman–Crippen LogP) is 3.19. The van der Waals surface area contributed by atoms with Gasteiger partial charge in [-0.25, -0.2) is 0 Å². The van der Waals surface area contributed by atoms with E-state index in [4.69, 9.17) is 0 Å². The normalized spacial score (nSPS) is 18.9. The fourth-order valence-corrected chi connectivity index (χ4v) is 2.27. The van der Waals surface area contributed by atoms with Gasteiger partial charge in [-0.05, 0) is 37.8 Å². The molecule has 1 fully saturated rings. The maximum atomic E-state index is 12.4. The second-order valence-electron chi connectivity index (χ2n) is 4.64. The second kappa shape index (κ2) is 4.39. The lowest BCUT2D eigenvalue weighted by molar-refractivity contribution is -0.137. The minimum atomic E-state index is -4.41. The van der Waals surface area contributed by atoms with Gasteiger partial charge in [-0.15, -0.1) is 0 Å². The number of Topliss-reactive ketones (excluding diaryl/α,β-unsaturated/α-hetero) is 1. The maximum Gasteiger partial charge on any atom is 0.416 e. The van der Waals surface area contributed by atoms with E-state index < -0.39 is 23.1 Å². The molecule has 0 aliphatic heterocycles. The number of halogens is 3. The summed E-state index contributed by atoms with van der Waals surface area (Å²) in [4.78, 5) is 12.0. The smallest absolute Gasteiger partial charge is 0.382 e. The van der Waals surface area contributed by atoms with Crippen molar-refractivity contribution in [3.8, 4) is 0 Å². The highest BCUT2D eigenvalue weighted by Gasteiger charge is 2.39. The van der Waals surface area contributed by atoms with Crippen LogP contribution in [-0.4, -0.2) is 16.5 Å². The molecule has 98 valence electrons. The van der Waals surface area contributed by atoms with Crippen molar-refractivity contribution in [3.05, 3.63) is 35.4 Å². The molecule has 0 atom stereocenters. The first-order valence-corrected chi connectivity index (χ1v) is 5.77. The van der Waals surface area contributed by atoms with Gasteiger partial charge in [0.15, 0.2) is 5.78 Å². The SMILES string of the molecule is O=C(c1ccc(C(F)(F)F)cc1)C1(O)CCCC1. The number of alkyl halides is 3.